The first-order valence-corrected chi connectivity index (χ1v) is 1.79. The van der Waals surface area contributed by atoms with Crippen LogP contribution in [0.3, 0.4) is 0 Å². The second kappa shape index (κ2) is 2.89. The highest BCUT2D eigenvalue weighted by Crippen LogP contribution is 1.82. The molecule has 0 aromatic carbocycles. The van der Waals surface area contributed by atoms with Crippen LogP contribution in [-0.2, 0) is 2.98 Å². The molecule has 0 aliphatic heterocycles. The van der Waals surface area contributed by atoms with E-state index in [1.165, 1.54) is 23.0 Å². The van der Waals surface area contributed by atoms with Crippen molar-refractivity contribution in [3.63, 3.8) is 0 Å². The molecule has 0 spiro atoms. The molecule has 0 rings (SSSR count). The van der Waals surface area contributed by atoms with E-state index in [0.717, 1.165) is 0 Å². The highest BCUT2D eigenvalue weighted by Gasteiger charge is 2.02. The lowest BCUT2D eigenvalue weighted by Crippen LogP contribution is -2.09. The van der Waals surface area contributed by atoms with Crippen LogP contribution in [0.1, 0.15) is 0 Å². The van der Waals surface area contributed by atoms with E-state index in [9.17, 15) is 0 Å². The summed E-state index contributed by atoms with van der Waals surface area (Å²) < 4.78 is 3.83. The molecule has 5 heteroatoms. The van der Waals surface area contributed by atoms with Crippen LogP contribution in [0, 0.1) is 0 Å². The molecule has 0 saturated heterocycles. The van der Waals surface area contributed by atoms with Gasteiger partial charge in [-0.15, -0.1) is 0 Å². The minimum absolute atomic E-state index is 1.38. The van der Waals surface area contributed by atoms with Crippen LogP contribution in [0.2, 0.25) is 0 Å². The third-order valence-electron chi connectivity index (χ3n) is 0.0797. The Morgan fingerprint density at radius 3 is 1.80 bits per heavy atom. The fraction of sp³-hybridized carbons (Fsp3) is 0. The average Bonchev–Trinajstić information content (AvgIpc) is 1.38. The summed E-state index contributed by atoms with van der Waals surface area (Å²) in [4.78, 5) is 0. The van der Waals surface area contributed by atoms with Gasteiger partial charge in [-0.05, 0) is 0 Å². The van der Waals surface area contributed by atoms with Crippen LogP contribution in [0.15, 0.2) is 0 Å². The molecular formula is H2BIO3. The van der Waals surface area contributed by atoms with Crippen LogP contribution in [0.4, 0.5) is 0 Å². The Hall–Kier alpha value is 0.675. The molecule has 30 valence electrons. The van der Waals surface area contributed by atoms with Crippen molar-refractivity contribution in [1.29, 1.82) is 0 Å². The highest BCUT2D eigenvalue weighted by molar-refractivity contribution is 14.1. The third-order valence-corrected chi connectivity index (χ3v) is 0.535. The molecule has 0 radical (unpaired) electrons. The summed E-state index contributed by atoms with van der Waals surface area (Å²) >= 11 is 1.38. The Balaban J connectivity index is 2.54. The summed E-state index contributed by atoms with van der Waals surface area (Å²) in [5, 5.41) is 15.4. The van der Waals surface area contributed by atoms with Crippen molar-refractivity contribution in [2.24, 2.45) is 0 Å². The van der Waals surface area contributed by atoms with Crippen molar-refractivity contribution in [1.82, 2.24) is 0 Å². The van der Waals surface area contributed by atoms with Gasteiger partial charge in [0, 0.05) is 0 Å². The first kappa shape index (κ1) is 5.67. The molecule has 0 aliphatic rings. The van der Waals surface area contributed by atoms with E-state index >= 15 is 0 Å². The van der Waals surface area contributed by atoms with Gasteiger partial charge in [0.25, 0.3) is 0 Å². The van der Waals surface area contributed by atoms with E-state index < -0.39 is 7.32 Å². The topological polar surface area (TPSA) is 49.7 Å². The number of rotatable bonds is 1. The van der Waals surface area contributed by atoms with Crippen LogP contribution >= 0.6 is 23.0 Å². The van der Waals surface area contributed by atoms with Gasteiger partial charge in [-0.3, -0.25) is 0 Å². The van der Waals surface area contributed by atoms with E-state index in [1.54, 1.807) is 0 Å². The lowest BCUT2D eigenvalue weighted by atomic mass is 10.3. The molecule has 0 atom stereocenters. The molecule has 0 amide bonds. The lowest BCUT2D eigenvalue weighted by molar-refractivity contribution is 0.323. The summed E-state index contributed by atoms with van der Waals surface area (Å²) in [6, 6.07) is 0. The van der Waals surface area contributed by atoms with E-state index in [-0.39, 0.29) is 0 Å². The SMILES string of the molecule is OB(O)OI. The molecule has 3 nitrogen and oxygen atoms in total. The molecule has 0 aliphatic carbocycles. The first-order valence-electron chi connectivity index (χ1n) is 0.906. The fourth-order valence-corrected chi connectivity index (χ4v) is 0. The summed E-state index contributed by atoms with van der Waals surface area (Å²) in [6.07, 6.45) is 0. The van der Waals surface area contributed by atoms with Crippen LogP contribution in [0.5, 0.6) is 0 Å². The van der Waals surface area contributed by atoms with Crippen molar-refractivity contribution >= 4 is 30.3 Å². The van der Waals surface area contributed by atoms with Crippen LogP contribution in [-0.4, -0.2) is 17.4 Å². The molecule has 5 heavy (non-hydrogen) atoms. The van der Waals surface area contributed by atoms with Gasteiger partial charge in [0.1, 0.15) is 0 Å². The van der Waals surface area contributed by atoms with Crippen molar-refractivity contribution < 1.29 is 13.0 Å². The van der Waals surface area contributed by atoms with E-state index in [0.29, 0.717) is 0 Å². The normalized spacial score (nSPS) is 7.80. The summed E-state index contributed by atoms with van der Waals surface area (Å²) in [7, 11) is -1.63. The predicted octanol–water partition coefficient (Wildman–Crippen LogP) is -0.677. The van der Waals surface area contributed by atoms with E-state index in [1.807, 2.05) is 0 Å². The summed E-state index contributed by atoms with van der Waals surface area (Å²) in [6.45, 7) is 0. The van der Waals surface area contributed by atoms with Crippen molar-refractivity contribution in [3.05, 3.63) is 0 Å². The molecule has 0 heterocycles. The fourth-order valence-electron chi connectivity index (χ4n) is 0. The zero-order valence-corrected chi connectivity index (χ0v) is 4.42. The van der Waals surface area contributed by atoms with Gasteiger partial charge < -0.3 is 13.0 Å². The highest BCUT2D eigenvalue weighted by atomic mass is 127. The van der Waals surface area contributed by atoms with Crippen molar-refractivity contribution in [2.45, 2.75) is 0 Å². The first-order chi connectivity index (χ1) is 2.27. The number of hydrogen-bond donors (Lipinski definition) is 2. The van der Waals surface area contributed by atoms with Gasteiger partial charge in [0.05, 0.1) is 23.0 Å². The monoisotopic (exact) mass is 188 g/mol. The number of hydrogen-bond acceptors (Lipinski definition) is 3. The quantitative estimate of drug-likeness (QED) is 0.423. The second-order valence-corrected chi connectivity index (χ2v) is 0.924. The standard InChI is InChI=1S/BH2IO3/c2-5-1(3)4/h3-4H. The van der Waals surface area contributed by atoms with Gasteiger partial charge in [0.15, 0.2) is 0 Å². The lowest BCUT2D eigenvalue weighted by Gasteiger charge is -1.81. The van der Waals surface area contributed by atoms with Gasteiger partial charge in [-0.25, -0.2) is 0 Å². The minimum atomic E-state index is -1.63. The molecule has 2 N–H and O–H groups in total. The molecule has 0 fully saturated rings. The maximum atomic E-state index is 7.69. The molecule has 0 bridgehead atoms. The Kier molecular flexibility index (Phi) is 3.28. The smallest absolute Gasteiger partial charge is 0.401 e. The second-order valence-electron chi connectivity index (χ2n) is 0.415. The van der Waals surface area contributed by atoms with Gasteiger partial charge in [-0.2, -0.15) is 0 Å². The van der Waals surface area contributed by atoms with Gasteiger partial charge in [-0.1, -0.05) is 0 Å². The Morgan fingerprint density at radius 1 is 1.60 bits per heavy atom. The molecular weight excluding hydrogens is 186 g/mol. The Labute approximate surface area is 43.8 Å². The zero-order valence-electron chi connectivity index (χ0n) is 2.26. The average molecular weight is 188 g/mol. The number of halogens is 1. The maximum Gasteiger partial charge on any atom is 0.643 e. The van der Waals surface area contributed by atoms with Crippen LogP contribution < -0.4 is 0 Å². The molecule has 0 aromatic heterocycles. The van der Waals surface area contributed by atoms with Crippen LogP contribution in [0.25, 0.3) is 0 Å². The molecule has 0 saturated carbocycles. The van der Waals surface area contributed by atoms with Crippen molar-refractivity contribution in [3.8, 4) is 0 Å². The predicted molar refractivity (Wildman–Crippen MR) is 25.3 cm³/mol. The molecule has 0 aromatic rings. The largest absolute Gasteiger partial charge is 0.643 e. The van der Waals surface area contributed by atoms with Gasteiger partial charge in [0.2, 0.25) is 0 Å². The maximum absolute atomic E-state index is 7.69. The zero-order chi connectivity index (χ0) is 4.28. The van der Waals surface area contributed by atoms with Crippen molar-refractivity contribution in [2.75, 3.05) is 0 Å². The van der Waals surface area contributed by atoms with E-state index in [2.05, 4.69) is 2.98 Å². The third kappa shape index (κ3) is 4.67. The minimum Gasteiger partial charge on any atom is -0.401 e. The Bertz CT molecular complexity index is 20.9. The summed E-state index contributed by atoms with van der Waals surface area (Å²) in [5.74, 6) is 0. The molecule has 0 unspecified atom stereocenters. The summed E-state index contributed by atoms with van der Waals surface area (Å²) in [5.41, 5.74) is 0. The Morgan fingerprint density at radius 2 is 1.80 bits per heavy atom. The van der Waals surface area contributed by atoms with E-state index in [4.69, 9.17) is 10.0 Å². The van der Waals surface area contributed by atoms with Gasteiger partial charge >= 0.3 is 7.32 Å².